The standard InChI is InChI=1S/C29H24F3N5O2S/c1-39-21-10-7-18(8-11-21)17-40-28-35-23-13-14-36(16-22(23)26(38)37(28)20-5-3-2-4-6-20)27-33-24-12-9-19(29(30,31)32)15-25(24)34-27/h2-12,15H,13-14,16-17H2,1H3,(H,33,34). The van der Waals surface area contributed by atoms with Crippen molar-refractivity contribution >= 4 is 28.7 Å². The van der Waals surface area contributed by atoms with E-state index in [9.17, 15) is 18.0 Å². The smallest absolute Gasteiger partial charge is 0.416 e. The maximum atomic E-state index is 13.9. The number of rotatable bonds is 6. The van der Waals surface area contributed by atoms with Crippen LogP contribution >= 0.6 is 11.8 Å². The number of methoxy groups -OCH3 is 1. The van der Waals surface area contributed by atoms with Crippen molar-refractivity contribution in [3.8, 4) is 11.4 Å². The van der Waals surface area contributed by atoms with Crippen LogP contribution in [0.1, 0.15) is 22.4 Å². The molecule has 204 valence electrons. The molecule has 5 aromatic rings. The number of thioether (sulfide) groups is 1. The molecule has 0 aliphatic carbocycles. The summed E-state index contributed by atoms with van der Waals surface area (Å²) < 4.78 is 46.4. The molecular formula is C29H24F3N5O2S. The Morgan fingerprint density at radius 2 is 1.80 bits per heavy atom. The molecule has 0 unspecified atom stereocenters. The van der Waals surface area contributed by atoms with Gasteiger partial charge >= 0.3 is 6.18 Å². The largest absolute Gasteiger partial charge is 0.497 e. The molecule has 1 N–H and O–H groups in total. The number of ether oxygens (including phenoxy) is 1. The maximum Gasteiger partial charge on any atom is 0.416 e. The van der Waals surface area contributed by atoms with Crippen molar-refractivity contribution in [3.63, 3.8) is 0 Å². The zero-order valence-electron chi connectivity index (χ0n) is 21.4. The van der Waals surface area contributed by atoms with Gasteiger partial charge in [-0.3, -0.25) is 9.36 Å². The highest BCUT2D eigenvalue weighted by atomic mass is 32.2. The summed E-state index contributed by atoms with van der Waals surface area (Å²) in [5.74, 6) is 1.81. The molecule has 0 bridgehead atoms. The Kier molecular flexibility index (Phi) is 6.75. The van der Waals surface area contributed by atoms with Crippen molar-refractivity contribution in [1.29, 1.82) is 0 Å². The summed E-state index contributed by atoms with van der Waals surface area (Å²) in [6.07, 6.45) is -3.94. The lowest BCUT2D eigenvalue weighted by Gasteiger charge is -2.28. The first-order valence-electron chi connectivity index (χ1n) is 12.6. The van der Waals surface area contributed by atoms with Crippen LogP contribution in [0.4, 0.5) is 19.1 Å². The molecule has 40 heavy (non-hydrogen) atoms. The Hall–Kier alpha value is -4.25. The molecule has 6 rings (SSSR count). The van der Waals surface area contributed by atoms with Crippen molar-refractivity contribution in [2.45, 2.75) is 30.1 Å². The summed E-state index contributed by atoms with van der Waals surface area (Å²) in [5, 5.41) is 0.600. The summed E-state index contributed by atoms with van der Waals surface area (Å²) in [7, 11) is 1.62. The molecule has 1 aliphatic rings. The first kappa shape index (κ1) is 26.0. The van der Waals surface area contributed by atoms with Crippen LogP contribution in [0.25, 0.3) is 16.7 Å². The minimum atomic E-state index is -4.44. The van der Waals surface area contributed by atoms with Gasteiger partial charge in [-0.2, -0.15) is 13.2 Å². The lowest BCUT2D eigenvalue weighted by atomic mass is 10.1. The number of halogens is 3. The third-order valence-electron chi connectivity index (χ3n) is 6.84. The van der Waals surface area contributed by atoms with E-state index < -0.39 is 11.7 Å². The molecule has 0 amide bonds. The van der Waals surface area contributed by atoms with E-state index in [-0.39, 0.29) is 12.1 Å². The first-order chi connectivity index (χ1) is 19.3. The van der Waals surface area contributed by atoms with E-state index in [1.54, 1.807) is 11.7 Å². The predicted octanol–water partition coefficient (Wildman–Crippen LogP) is 5.99. The van der Waals surface area contributed by atoms with Gasteiger partial charge in [0.05, 0.1) is 47.2 Å². The molecule has 11 heteroatoms. The maximum absolute atomic E-state index is 13.9. The van der Waals surface area contributed by atoms with Gasteiger partial charge in [-0.25, -0.2) is 9.97 Å². The van der Waals surface area contributed by atoms with Gasteiger partial charge in [0.25, 0.3) is 5.56 Å². The number of aromatic amines is 1. The molecule has 7 nitrogen and oxygen atoms in total. The zero-order chi connectivity index (χ0) is 27.9. The fraction of sp³-hybridized carbons (Fsp3) is 0.207. The number of hydrogen-bond acceptors (Lipinski definition) is 6. The van der Waals surface area contributed by atoms with Crippen LogP contribution in [-0.4, -0.2) is 33.2 Å². The molecule has 0 fully saturated rings. The summed E-state index contributed by atoms with van der Waals surface area (Å²) >= 11 is 1.49. The summed E-state index contributed by atoms with van der Waals surface area (Å²) in [5.41, 5.74) is 2.85. The lowest BCUT2D eigenvalue weighted by molar-refractivity contribution is -0.137. The molecule has 0 saturated heterocycles. The van der Waals surface area contributed by atoms with Crippen LogP contribution in [0, 0.1) is 0 Å². The highest BCUT2D eigenvalue weighted by Crippen LogP contribution is 2.32. The third kappa shape index (κ3) is 5.04. The number of anilines is 1. The van der Waals surface area contributed by atoms with Crippen LogP contribution in [0.2, 0.25) is 0 Å². The minimum Gasteiger partial charge on any atom is -0.497 e. The second kappa shape index (κ2) is 10.4. The Balaban J connectivity index is 1.33. The van der Waals surface area contributed by atoms with Crippen molar-refractivity contribution in [1.82, 2.24) is 19.5 Å². The number of aromatic nitrogens is 4. The lowest BCUT2D eigenvalue weighted by Crippen LogP contribution is -2.38. The Bertz CT molecular complexity index is 1730. The number of imidazole rings is 1. The zero-order valence-corrected chi connectivity index (χ0v) is 22.2. The average Bonchev–Trinajstić information content (AvgIpc) is 3.40. The molecule has 2 aromatic heterocycles. The van der Waals surface area contributed by atoms with Gasteiger partial charge in [-0.05, 0) is 48.0 Å². The Morgan fingerprint density at radius 3 is 2.52 bits per heavy atom. The van der Waals surface area contributed by atoms with E-state index in [2.05, 4.69) is 9.97 Å². The number of benzene rings is 3. The van der Waals surface area contributed by atoms with Crippen molar-refractivity contribution in [2.24, 2.45) is 0 Å². The van der Waals surface area contributed by atoms with Crippen molar-refractivity contribution in [3.05, 3.63) is 106 Å². The molecule has 0 radical (unpaired) electrons. The van der Waals surface area contributed by atoms with Gasteiger partial charge in [0.1, 0.15) is 5.75 Å². The average molecular weight is 564 g/mol. The van der Waals surface area contributed by atoms with E-state index in [1.165, 1.54) is 17.8 Å². The number of para-hydroxylation sites is 1. The quantitative estimate of drug-likeness (QED) is 0.202. The number of nitrogens with one attached hydrogen (secondary N) is 1. The van der Waals surface area contributed by atoms with Crippen LogP contribution in [-0.2, 0) is 24.9 Å². The normalized spacial score (nSPS) is 13.4. The number of H-pyrrole nitrogens is 1. The van der Waals surface area contributed by atoms with E-state index in [1.807, 2.05) is 59.5 Å². The molecule has 0 spiro atoms. The topological polar surface area (TPSA) is 76.0 Å². The van der Waals surface area contributed by atoms with Gasteiger partial charge in [-0.15, -0.1) is 0 Å². The number of nitrogens with zero attached hydrogens (tertiary/aromatic N) is 4. The predicted molar refractivity (Wildman–Crippen MR) is 148 cm³/mol. The molecule has 3 heterocycles. The molecular weight excluding hydrogens is 539 g/mol. The van der Waals surface area contributed by atoms with Gasteiger partial charge in [-0.1, -0.05) is 42.1 Å². The van der Waals surface area contributed by atoms with E-state index in [4.69, 9.17) is 9.72 Å². The van der Waals surface area contributed by atoms with E-state index in [0.717, 1.165) is 29.1 Å². The number of fused-ring (bicyclic) bond motifs is 2. The highest BCUT2D eigenvalue weighted by molar-refractivity contribution is 7.98. The SMILES string of the molecule is COc1ccc(CSc2nc3c(c(=O)n2-c2ccccc2)CN(c2nc4ccc(C(F)(F)F)cc4[nH]2)CC3)cc1. The van der Waals surface area contributed by atoms with E-state index in [0.29, 0.717) is 52.1 Å². The fourth-order valence-corrected chi connectivity index (χ4v) is 5.71. The summed E-state index contributed by atoms with van der Waals surface area (Å²) in [4.78, 5) is 28.2. The fourth-order valence-electron chi connectivity index (χ4n) is 4.73. The molecule has 0 saturated carbocycles. The summed E-state index contributed by atoms with van der Waals surface area (Å²) in [6, 6.07) is 20.6. The molecule has 3 aromatic carbocycles. The monoisotopic (exact) mass is 563 g/mol. The minimum absolute atomic E-state index is 0.173. The number of hydrogen-bond donors (Lipinski definition) is 1. The third-order valence-corrected chi connectivity index (χ3v) is 7.85. The second-order valence-electron chi connectivity index (χ2n) is 9.39. The van der Waals surface area contributed by atoms with Crippen LogP contribution < -0.4 is 15.2 Å². The van der Waals surface area contributed by atoms with Gasteiger partial charge in [0, 0.05) is 18.7 Å². The Labute approximate surface area is 231 Å². The van der Waals surface area contributed by atoms with Crippen LogP contribution in [0.3, 0.4) is 0 Å². The Morgan fingerprint density at radius 1 is 1.02 bits per heavy atom. The van der Waals surface area contributed by atoms with Crippen molar-refractivity contribution < 1.29 is 17.9 Å². The van der Waals surface area contributed by atoms with Crippen molar-refractivity contribution in [2.75, 3.05) is 18.6 Å². The van der Waals surface area contributed by atoms with Crippen LogP contribution in [0.15, 0.2) is 82.7 Å². The van der Waals surface area contributed by atoms with Gasteiger partial charge in [0.15, 0.2) is 5.16 Å². The second-order valence-corrected chi connectivity index (χ2v) is 10.3. The van der Waals surface area contributed by atoms with Gasteiger partial charge in [0.2, 0.25) is 5.95 Å². The summed E-state index contributed by atoms with van der Waals surface area (Å²) in [6.45, 7) is 0.757. The first-order valence-corrected chi connectivity index (χ1v) is 13.6. The van der Waals surface area contributed by atoms with E-state index >= 15 is 0 Å². The number of alkyl halides is 3. The van der Waals surface area contributed by atoms with Gasteiger partial charge < -0.3 is 14.6 Å². The molecule has 1 aliphatic heterocycles. The molecule has 0 atom stereocenters. The highest BCUT2D eigenvalue weighted by Gasteiger charge is 2.31. The van der Waals surface area contributed by atoms with Crippen LogP contribution in [0.5, 0.6) is 5.75 Å².